The van der Waals surface area contributed by atoms with Crippen LogP contribution in [0.3, 0.4) is 0 Å². The lowest BCUT2D eigenvalue weighted by Gasteiger charge is -2.37. The molecule has 3 unspecified atom stereocenters. The van der Waals surface area contributed by atoms with Gasteiger partial charge < -0.3 is 15.1 Å². The Bertz CT molecular complexity index is 1030. The van der Waals surface area contributed by atoms with Crippen LogP contribution in [0.15, 0.2) is 12.1 Å². The number of imide groups is 1. The number of hydrogen-bond acceptors (Lipinski definition) is 4. The molecule has 3 aliphatic heterocycles. The normalized spacial score (nSPS) is 27.2. The van der Waals surface area contributed by atoms with Crippen LogP contribution in [0.5, 0.6) is 0 Å². The summed E-state index contributed by atoms with van der Waals surface area (Å²) in [5.41, 5.74) is 1.33. The molecule has 1 N–H and O–H groups in total. The quantitative estimate of drug-likeness (QED) is 0.536. The van der Waals surface area contributed by atoms with Crippen LogP contribution in [-0.2, 0) is 4.79 Å². The molecule has 1 aromatic rings. The minimum absolute atomic E-state index is 0.0324. The van der Waals surface area contributed by atoms with Crippen molar-refractivity contribution in [1.82, 2.24) is 15.1 Å². The number of thiocarbonyl (C=S) groups is 1. The zero-order chi connectivity index (χ0) is 22.6. The van der Waals surface area contributed by atoms with Gasteiger partial charge in [0.05, 0.1) is 28.4 Å². The molecule has 9 heteroatoms. The molecule has 3 saturated heterocycles. The van der Waals surface area contributed by atoms with Crippen molar-refractivity contribution in [2.75, 3.05) is 18.0 Å². The molecule has 3 atom stereocenters. The molecular formula is C23H26ClN5O2S. The Morgan fingerprint density at radius 1 is 1.28 bits per heavy atom. The van der Waals surface area contributed by atoms with E-state index in [2.05, 4.69) is 10.2 Å². The number of fused-ring (bicyclic) bond motifs is 5. The first kappa shape index (κ1) is 21.5. The van der Waals surface area contributed by atoms with Crippen LogP contribution in [0.2, 0.25) is 5.02 Å². The number of nitrogens with zero attached hydrogens (tertiary/aromatic N) is 4. The Kier molecular flexibility index (Phi) is 5.50. The zero-order valence-corrected chi connectivity index (χ0v) is 19.6. The molecule has 4 aliphatic rings. The number of anilines is 1. The van der Waals surface area contributed by atoms with Gasteiger partial charge in [-0.25, -0.2) is 9.69 Å². The van der Waals surface area contributed by atoms with Crippen LogP contribution in [0.4, 0.5) is 10.5 Å². The van der Waals surface area contributed by atoms with Crippen LogP contribution in [0.1, 0.15) is 49.7 Å². The number of rotatable bonds is 3. The van der Waals surface area contributed by atoms with Gasteiger partial charge >= 0.3 is 6.03 Å². The first-order valence-electron chi connectivity index (χ1n) is 11.3. The number of nitriles is 1. The van der Waals surface area contributed by atoms with Crippen molar-refractivity contribution in [3.63, 3.8) is 0 Å². The van der Waals surface area contributed by atoms with Gasteiger partial charge in [0.25, 0.3) is 5.91 Å². The summed E-state index contributed by atoms with van der Waals surface area (Å²) in [6.45, 7) is 3.26. The van der Waals surface area contributed by atoms with Gasteiger partial charge in [0, 0.05) is 13.1 Å². The number of nitrogens with one attached hydrogen (secondary N) is 1. The number of amides is 3. The number of halogens is 1. The van der Waals surface area contributed by atoms with Crippen molar-refractivity contribution < 1.29 is 9.59 Å². The van der Waals surface area contributed by atoms with Gasteiger partial charge in [-0.05, 0) is 62.0 Å². The number of carbonyl (C=O) groups is 2. The number of urea groups is 1. The van der Waals surface area contributed by atoms with Crippen LogP contribution in [0, 0.1) is 24.2 Å². The maximum absolute atomic E-state index is 13.4. The SMILES string of the molecule is Cc1c(N2C(=O)C3C4CC(CN4C(=S)NCC4CCCCC4)N3C2=O)ccc(C#N)c1Cl. The predicted octanol–water partition coefficient (Wildman–Crippen LogP) is 3.57. The topological polar surface area (TPSA) is 79.7 Å². The van der Waals surface area contributed by atoms with E-state index in [1.54, 1.807) is 24.0 Å². The van der Waals surface area contributed by atoms with Crippen molar-refractivity contribution in [3.8, 4) is 6.07 Å². The van der Waals surface area contributed by atoms with Crippen LogP contribution < -0.4 is 10.2 Å². The number of benzene rings is 1. The highest BCUT2D eigenvalue weighted by atomic mass is 35.5. The van der Waals surface area contributed by atoms with E-state index in [-0.39, 0.29) is 29.0 Å². The highest BCUT2D eigenvalue weighted by molar-refractivity contribution is 7.80. The van der Waals surface area contributed by atoms with Crippen LogP contribution in [-0.4, -0.2) is 58.1 Å². The molecule has 0 spiro atoms. The molecule has 0 aromatic heterocycles. The fourth-order valence-corrected chi connectivity index (χ4v) is 6.34. The molecule has 1 saturated carbocycles. The maximum atomic E-state index is 13.4. The van der Waals surface area contributed by atoms with E-state index in [9.17, 15) is 14.9 Å². The molecule has 5 rings (SSSR count). The molecule has 32 heavy (non-hydrogen) atoms. The summed E-state index contributed by atoms with van der Waals surface area (Å²) in [5.74, 6) is 0.415. The van der Waals surface area contributed by atoms with Crippen molar-refractivity contribution in [2.24, 2.45) is 5.92 Å². The van der Waals surface area contributed by atoms with E-state index in [4.69, 9.17) is 23.8 Å². The number of hydrogen-bond donors (Lipinski definition) is 1. The highest BCUT2D eigenvalue weighted by Gasteiger charge is 2.62. The second-order valence-electron chi connectivity index (χ2n) is 9.29. The Morgan fingerprint density at radius 3 is 2.75 bits per heavy atom. The molecule has 2 bridgehead atoms. The molecule has 3 heterocycles. The van der Waals surface area contributed by atoms with E-state index >= 15 is 0 Å². The maximum Gasteiger partial charge on any atom is 0.332 e. The lowest BCUT2D eigenvalue weighted by molar-refractivity contribution is -0.120. The summed E-state index contributed by atoms with van der Waals surface area (Å²) in [6, 6.07) is 4.24. The summed E-state index contributed by atoms with van der Waals surface area (Å²) < 4.78 is 0. The average molecular weight is 472 g/mol. The number of piperazine rings is 1. The third-order valence-electron chi connectivity index (χ3n) is 7.51. The molecule has 0 radical (unpaired) electrons. The van der Waals surface area contributed by atoms with Crippen LogP contribution >= 0.6 is 23.8 Å². The average Bonchev–Trinajstić information content (AvgIpc) is 3.47. The van der Waals surface area contributed by atoms with E-state index in [1.807, 2.05) is 6.07 Å². The monoisotopic (exact) mass is 471 g/mol. The second-order valence-corrected chi connectivity index (χ2v) is 10.1. The third-order valence-corrected chi connectivity index (χ3v) is 8.38. The molecule has 4 fully saturated rings. The second kappa shape index (κ2) is 8.20. The fraction of sp³-hybridized carbons (Fsp3) is 0.565. The van der Waals surface area contributed by atoms with Gasteiger partial charge in [0.15, 0.2) is 5.11 Å². The van der Waals surface area contributed by atoms with Gasteiger partial charge in [-0.15, -0.1) is 0 Å². The summed E-state index contributed by atoms with van der Waals surface area (Å²) in [4.78, 5) is 31.8. The Morgan fingerprint density at radius 2 is 2.03 bits per heavy atom. The smallest absolute Gasteiger partial charge is 0.332 e. The molecular weight excluding hydrogens is 446 g/mol. The van der Waals surface area contributed by atoms with Gasteiger partial charge in [0.1, 0.15) is 12.1 Å². The fourth-order valence-electron chi connectivity index (χ4n) is 5.84. The third kappa shape index (κ3) is 3.25. The largest absolute Gasteiger partial charge is 0.362 e. The predicted molar refractivity (Wildman–Crippen MR) is 125 cm³/mol. The highest BCUT2D eigenvalue weighted by Crippen LogP contribution is 2.43. The Hall–Kier alpha value is -2.37. The van der Waals surface area contributed by atoms with E-state index in [0.717, 1.165) is 13.0 Å². The lowest BCUT2D eigenvalue weighted by Crippen LogP contribution is -2.57. The first-order chi connectivity index (χ1) is 15.4. The van der Waals surface area contributed by atoms with E-state index in [0.29, 0.717) is 34.4 Å². The molecule has 3 amide bonds. The van der Waals surface area contributed by atoms with Crippen LogP contribution in [0.25, 0.3) is 0 Å². The van der Waals surface area contributed by atoms with Crippen molar-refractivity contribution >= 4 is 46.6 Å². The van der Waals surface area contributed by atoms with Crippen molar-refractivity contribution in [2.45, 2.75) is 63.6 Å². The standard InChI is InChI=1S/C23H26ClN5O2S/c1-13-17(8-7-15(10-25)19(13)24)29-21(30)20-18-9-16(28(20)23(29)31)12-27(18)22(32)26-11-14-5-3-2-4-6-14/h7-8,14,16,18,20H,2-6,9,11-12H2,1H3,(H,26,32). The number of carbonyl (C=O) groups excluding carboxylic acids is 2. The van der Waals surface area contributed by atoms with E-state index < -0.39 is 6.04 Å². The summed E-state index contributed by atoms with van der Waals surface area (Å²) in [5, 5.41) is 13.6. The summed E-state index contributed by atoms with van der Waals surface area (Å²) >= 11 is 12.0. The first-order valence-corrected chi connectivity index (χ1v) is 12.1. The van der Waals surface area contributed by atoms with Crippen molar-refractivity contribution in [1.29, 1.82) is 5.26 Å². The lowest BCUT2D eigenvalue weighted by atomic mass is 9.89. The van der Waals surface area contributed by atoms with Gasteiger partial charge in [-0.2, -0.15) is 5.26 Å². The summed E-state index contributed by atoms with van der Waals surface area (Å²) in [7, 11) is 0. The van der Waals surface area contributed by atoms with Gasteiger partial charge in [-0.1, -0.05) is 30.9 Å². The summed E-state index contributed by atoms with van der Waals surface area (Å²) in [6.07, 6.45) is 7.14. The number of likely N-dealkylation sites (tertiary alicyclic amines) is 1. The molecule has 7 nitrogen and oxygen atoms in total. The van der Waals surface area contributed by atoms with Gasteiger partial charge in [-0.3, -0.25) is 4.79 Å². The minimum Gasteiger partial charge on any atom is -0.362 e. The Labute approximate surface area is 198 Å². The molecule has 168 valence electrons. The van der Waals surface area contributed by atoms with Crippen molar-refractivity contribution in [3.05, 3.63) is 28.3 Å². The van der Waals surface area contributed by atoms with Gasteiger partial charge in [0.2, 0.25) is 0 Å². The van der Waals surface area contributed by atoms with E-state index in [1.165, 1.54) is 37.0 Å². The Balaban J connectivity index is 1.33. The zero-order valence-electron chi connectivity index (χ0n) is 18.0. The molecule has 1 aromatic carbocycles. The molecule has 1 aliphatic carbocycles. The minimum atomic E-state index is -0.538.